The molecule has 1 amide bonds. The van der Waals surface area contributed by atoms with Crippen molar-refractivity contribution >= 4 is 11.6 Å². The number of hydrogen-bond donors (Lipinski definition) is 1. The molecule has 1 saturated heterocycles. The number of ether oxygens (including phenoxy) is 2. The molecule has 0 bridgehead atoms. The molecular formula is C14H19NO3. The zero-order valence-corrected chi connectivity index (χ0v) is 10.6. The van der Waals surface area contributed by atoms with E-state index >= 15 is 0 Å². The zero-order valence-electron chi connectivity index (χ0n) is 10.6. The Hall–Kier alpha value is -1.55. The van der Waals surface area contributed by atoms with Crippen molar-refractivity contribution in [2.24, 2.45) is 0 Å². The molecule has 1 atom stereocenters. The van der Waals surface area contributed by atoms with E-state index in [-0.39, 0.29) is 12.0 Å². The summed E-state index contributed by atoms with van der Waals surface area (Å²) in [4.78, 5) is 11.2. The minimum Gasteiger partial charge on any atom is -0.491 e. The van der Waals surface area contributed by atoms with Crippen molar-refractivity contribution in [1.82, 2.24) is 0 Å². The largest absolute Gasteiger partial charge is 0.491 e. The van der Waals surface area contributed by atoms with Crippen molar-refractivity contribution in [1.29, 1.82) is 0 Å². The Morgan fingerprint density at radius 1 is 1.44 bits per heavy atom. The molecule has 1 heterocycles. The van der Waals surface area contributed by atoms with Gasteiger partial charge in [-0.15, -0.1) is 0 Å². The first-order valence-electron chi connectivity index (χ1n) is 6.42. The second-order valence-electron chi connectivity index (χ2n) is 4.37. The fourth-order valence-corrected chi connectivity index (χ4v) is 1.85. The van der Waals surface area contributed by atoms with Crippen LogP contribution < -0.4 is 10.1 Å². The van der Waals surface area contributed by atoms with Crippen LogP contribution in [-0.2, 0) is 9.53 Å². The minimum absolute atomic E-state index is 0.0167. The van der Waals surface area contributed by atoms with Crippen LogP contribution in [0, 0.1) is 0 Å². The average Bonchev–Trinajstić information content (AvgIpc) is 2.91. The van der Waals surface area contributed by atoms with Gasteiger partial charge in [-0.2, -0.15) is 0 Å². The van der Waals surface area contributed by atoms with Crippen molar-refractivity contribution in [3.05, 3.63) is 24.3 Å². The molecule has 1 fully saturated rings. The molecule has 0 radical (unpaired) electrons. The predicted molar refractivity (Wildman–Crippen MR) is 69.8 cm³/mol. The fourth-order valence-electron chi connectivity index (χ4n) is 1.85. The quantitative estimate of drug-likeness (QED) is 0.872. The highest BCUT2D eigenvalue weighted by molar-refractivity contribution is 5.90. The Morgan fingerprint density at radius 2 is 2.22 bits per heavy atom. The maximum Gasteiger partial charge on any atom is 0.224 e. The van der Waals surface area contributed by atoms with Gasteiger partial charge < -0.3 is 14.8 Å². The van der Waals surface area contributed by atoms with Crippen molar-refractivity contribution in [2.45, 2.75) is 32.3 Å². The third-order valence-corrected chi connectivity index (χ3v) is 2.92. The van der Waals surface area contributed by atoms with Crippen LogP contribution in [0.25, 0.3) is 0 Å². The van der Waals surface area contributed by atoms with Gasteiger partial charge in [-0.05, 0) is 37.1 Å². The number of carbonyl (C=O) groups is 1. The zero-order chi connectivity index (χ0) is 12.8. The van der Waals surface area contributed by atoms with Crippen LogP contribution in [0.5, 0.6) is 5.75 Å². The minimum atomic E-state index is 0.0167. The van der Waals surface area contributed by atoms with E-state index in [0.29, 0.717) is 13.0 Å². The Labute approximate surface area is 107 Å². The molecule has 0 aliphatic carbocycles. The van der Waals surface area contributed by atoms with Gasteiger partial charge in [0.2, 0.25) is 5.91 Å². The van der Waals surface area contributed by atoms with Crippen LogP contribution >= 0.6 is 0 Å². The summed E-state index contributed by atoms with van der Waals surface area (Å²) in [5.74, 6) is 0.822. The molecular weight excluding hydrogens is 230 g/mol. The van der Waals surface area contributed by atoms with Crippen LogP contribution in [0.3, 0.4) is 0 Å². The second kappa shape index (κ2) is 6.40. The smallest absolute Gasteiger partial charge is 0.224 e. The van der Waals surface area contributed by atoms with Crippen LogP contribution in [0.4, 0.5) is 5.69 Å². The third kappa shape index (κ3) is 3.74. The highest BCUT2D eigenvalue weighted by Crippen LogP contribution is 2.18. The highest BCUT2D eigenvalue weighted by atomic mass is 16.5. The lowest BCUT2D eigenvalue weighted by Gasteiger charge is -2.11. The maximum atomic E-state index is 11.2. The van der Waals surface area contributed by atoms with Crippen molar-refractivity contribution in [3.63, 3.8) is 0 Å². The Bertz CT molecular complexity index is 383. The molecule has 2 rings (SSSR count). The summed E-state index contributed by atoms with van der Waals surface area (Å²) in [6, 6.07) is 7.41. The second-order valence-corrected chi connectivity index (χ2v) is 4.37. The SMILES string of the molecule is CCC(=O)Nc1ccc(OC[C@@H]2CCCO2)cc1. The number of amides is 1. The van der Waals surface area contributed by atoms with Crippen LogP contribution in [0.1, 0.15) is 26.2 Å². The van der Waals surface area contributed by atoms with E-state index in [1.807, 2.05) is 31.2 Å². The van der Waals surface area contributed by atoms with Gasteiger partial charge >= 0.3 is 0 Å². The molecule has 1 N–H and O–H groups in total. The van der Waals surface area contributed by atoms with Gasteiger partial charge in [0.05, 0.1) is 6.10 Å². The number of carbonyl (C=O) groups excluding carboxylic acids is 1. The van der Waals surface area contributed by atoms with Crippen LogP contribution in [0.2, 0.25) is 0 Å². The monoisotopic (exact) mass is 249 g/mol. The molecule has 1 aromatic rings. The lowest BCUT2D eigenvalue weighted by molar-refractivity contribution is -0.115. The Balaban J connectivity index is 1.81. The maximum absolute atomic E-state index is 11.2. The fraction of sp³-hybridized carbons (Fsp3) is 0.500. The molecule has 4 heteroatoms. The molecule has 1 aliphatic heterocycles. The Morgan fingerprint density at radius 3 is 2.83 bits per heavy atom. The van der Waals surface area contributed by atoms with Crippen LogP contribution in [0.15, 0.2) is 24.3 Å². The van der Waals surface area contributed by atoms with Crippen molar-refractivity contribution in [2.75, 3.05) is 18.5 Å². The molecule has 1 aromatic carbocycles. The summed E-state index contributed by atoms with van der Waals surface area (Å²) >= 11 is 0. The van der Waals surface area contributed by atoms with E-state index in [1.54, 1.807) is 0 Å². The van der Waals surface area contributed by atoms with Gasteiger partial charge in [-0.25, -0.2) is 0 Å². The van der Waals surface area contributed by atoms with Gasteiger partial charge in [0.25, 0.3) is 0 Å². The average molecular weight is 249 g/mol. The van der Waals surface area contributed by atoms with Crippen LogP contribution in [-0.4, -0.2) is 25.2 Å². The molecule has 1 aliphatic rings. The van der Waals surface area contributed by atoms with Gasteiger partial charge in [0.15, 0.2) is 0 Å². The van der Waals surface area contributed by atoms with E-state index in [1.165, 1.54) is 0 Å². The van der Waals surface area contributed by atoms with Gasteiger partial charge in [0, 0.05) is 18.7 Å². The van der Waals surface area contributed by atoms with E-state index in [9.17, 15) is 4.79 Å². The summed E-state index contributed by atoms with van der Waals surface area (Å²) in [6.07, 6.45) is 2.90. The van der Waals surface area contributed by atoms with E-state index in [0.717, 1.165) is 30.9 Å². The van der Waals surface area contributed by atoms with Gasteiger partial charge in [0.1, 0.15) is 12.4 Å². The van der Waals surface area contributed by atoms with Crippen molar-refractivity contribution in [3.8, 4) is 5.75 Å². The number of benzene rings is 1. The standard InChI is InChI=1S/C14H19NO3/c1-2-14(16)15-11-5-7-12(8-6-11)18-10-13-4-3-9-17-13/h5-8,13H,2-4,9-10H2,1H3,(H,15,16)/t13-/m0/s1. The summed E-state index contributed by atoms with van der Waals surface area (Å²) in [6.45, 7) is 3.27. The van der Waals surface area contributed by atoms with E-state index in [2.05, 4.69) is 5.32 Å². The summed E-state index contributed by atoms with van der Waals surface area (Å²) in [5, 5.41) is 2.80. The molecule has 0 saturated carbocycles. The van der Waals surface area contributed by atoms with E-state index in [4.69, 9.17) is 9.47 Å². The van der Waals surface area contributed by atoms with E-state index < -0.39 is 0 Å². The molecule has 18 heavy (non-hydrogen) atoms. The molecule has 98 valence electrons. The third-order valence-electron chi connectivity index (χ3n) is 2.92. The first-order chi connectivity index (χ1) is 8.78. The first-order valence-corrected chi connectivity index (χ1v) is 6.42. The van der Waals surface area contributed by atoms with Gasteiger partial charge in [-0.3, -0.25) is 4.79 Å². The molecule has 4 nitrogen and oxygen atoms in total. The summed E-state index contributed by atoms with van der Waals surface area (Å²) < 4.78 is 11.1. The molecule has 0 aromatic heterocycles. The predicted octanol–water partition coefficient (Wildman–Crippen LogP) is 2.59. The molecule has 0 unspecified atom stereocenters. The summed E-state index contributed by atoms with van der Waals surface area (Å²) in [7, 11) is 0. The number of anilines is 1. The highest BCUT2D eigenvalue weighted by Gasteiger charge is 2.15. The first kappa shape index (κ1) is 12.9. The Kier molecular flexibility index (Phi) is 4.59. The normalized spacial score (nSPS) is 18.6. The lowest BCUT2D eigenvalue weighted by atomic mass is 10.2. The number of nitrogens with one attached hydrogen (secondary N) is 1. The van der Waals surface area contributed by atoms with Gasteiger partial charge in [-0.1, -0.05) is 6.92 Å². The molecule has 0 spiro atoms. The topological polar surface area (TPSA) is 47.6 Å². The van der Waals surface area contributed by atoms with Crippen molar-refractivity contribution < 1.29 is 14.3 Å². The lowest BCUT2D eigenvalue weighted by Crippen LogP contribution is -2.16. The number of rotatable bonds is 5. The number of hydrogen-bond acceptors (Lipinski definition) is 3. The summed E-state index contributed by atoms with van der Waals surface area (Å²) in [5.41, 5.74) is 0.798.